The number of hydrogen-bond acceptors (Lipinski definition) is 6. The van der Waals surface area contributed by atoms with Crippen molar-refractivity contribution >= 4 is 51.2 Å². The molecule has 176 valence electrons. The quantitative estimate of drug-likeness (QED) is 0.412. The molecule has 2 atom stereocenters. The molecule has 34 heavy (non-hydrogen) atoms. The molecule has 0 radical (unpaired) electrons. The van der Waals surface area contributed by atoms with Crippen molar-refractivity contribution in [3.63, 3.8) is 0 Å². The summed E-state index contributed by atoms with van der Waals surface area (Å²) in [6.45, 7) is 5.85. The minimum absolute atomic E-state index is 0.0261. The first-order valence-electron chi connectivity index (χ1n) is 10.4. The number of aryl methyl sites for hydroxylation is 3. The van der Waals surface area contributed by atoms with E-state index in [1.807, 2.05) is 39.0 Å². The number of nitrogens with one attached hydrogen (secondary N) is 2. The van der Waals surface area contributed by atoms with Crippen LogP contribution < -0.4 is 10.6 Å². The highest BCUT2D eigenvalue weighted by atomic mass is 79.9. The van der Waals surface area contributed by atoms with Gasteiger partial charge >= 0.3 is 5.97 Å². The first-order valence-corrected chi connectivity index (χ1v) is 12.2. The first kappa shape index (κ1) is 25.5. The van der Waals surface area contributed by atoms with Gasteiger partial charge in [0.2, 0.25) is 11.8 Å². The largest absolute Gasteiger partial charge is 0.468 e. The maximum atomic E-state index is 12.9. The minimum atomic E-state index is -1.22. The van der Waals surface area contributed by atoms with Gasteiger partial charge in [0.25, 0.3) is 0 Å². The third-order valence-electron chi connectivity index (χ3n) is 5.48. The molecule has 0 fully saturated rings. The monoisotopic (exact) mass is 541 g/mol. The zero-order valence-electron chi connectivity index (χ0n) is 19.2. The van der Waals surface area contributed by atoms with Crippen molar-refractivity contribution in [3.8, 4) is 6.07 Å². The van der Waals surface area contributed by atoms with Crippen LogP contribution in [0.2, 0.25) is 0 Å². The summed E-state index contributed by atoms with van der Waals surface area (Å²) in [5.74, 6) is -3.66. The normalized spacial score (nSPS) is 17.6. The molecule has 2 aromatic carbocycles. The van der Waals surface area contributed by atoms with E-state index in [0.717, 1.165) is 38.6 Å². The van der Waals surface area contributed by atoms with E-state index in [-0.39, 0.29) is 22.3 Å². The first-order chi connectivity index (χ1) is 16.2. The summed E-state index contributed by atoms with van der Waals surface area (Å²) < 4.78 is 5.60. The van der Waals surface area contributed by atoms with Crippen LogP contribution in [0.3, 0.4) is 0 Å². The van der Waals surface area contributed by atoms with Gasteiger partial charge in [-0.1, -0.05) is 57.5 Å². The fraction of sp³-hybridized carbons (Fsp3) is 0.280. The zero-order chi connectivity index (χ0) is 25.0. The van der Waals surface area contributed by atoms with Gasteiger partial charge in [0.15, 0.2) is 0 Å². The van der Waals surface area contributed by atoms with Crippen molar-refractivity contribution < 1.29 is 19.1 Å². The molecule has 3 rings (SSSR count). The van der Waals surface area contributed by atoms with Gasteiger partial charge in [-0.3, -0.25) is 14.4 Å². The number of rotatable bonds is 6. The fourth-order valence-corrected chi connectivity index (χ4v) is 5.34. The van der Waals surface area contributed by atoms with Crippen molar-refractivity contribution in [1.29, 1.82) is 5.26 Å². The molecular formula is C25H24BrN3O4S. The van der Waals surface area contributed by atoms with E-state index in [9.17, 15) is 19.6 Å². The lowest BCUT2D eigenvalue weighted by molar-refractivity contribution is -0.150. The summed E-state index contributed by atoms with van der Waals surface area (Å²) in [5, 5.41) is 15.8. The number of hydrogen-bond donors (Lipinski definition) is 2. The third-order valence-corrected chi connectivity index (χ3v) is 6.99. The molecule has 0 spiro atoms. The van der Waals surface area contributed by atoms with E-state index in [4.69, 9.17) is 4.74 Å². The van der Waals surface area contributed by atoms with Crippen molar-refractivity contribution in [2.24, 2.45) is 5.92 Å². The number of anilines is 1. The molecule has 0 bridgehead atoms. The van der Waals surface area contributed by atoms with Crippen LogP contribution in [-0.4, -0.2) is 30.6 Å². The number of thioether (sulfide) groups is 1. The van der Waals surface area contributed by atoms with E-state index in [1.54, 1.807) is 18.2 Å². The number of benzene rings is 2. The molecule has 0 aliphatic carbocycles. The Morgan fingerprint density at radius 2 is 1.88 bits per heavy atom. The van der Waals surface area contributed by atoms with E-state index in [1.165, 1.54) is 7.11 Å². The molecule has 2 aromatic rings. The van der Waals surface area contributed by atoms with Gasteiger partial charge in [0, 0.05) is 16.1 Å². The summed E-state index contributed by atoms with van der Waals surface area (Å²) in [6, 6.07) is 13.2. The van der Waals surface area contributed by atoms with Crippen LogP contribution in [0.15, 0.2) is 51.5 Å². The highest BCUT2D eigenvalue weighted by Gasteiger charge is 2.44. The van der Waals surface area contributed by atoms with Crippen LogP contribution in [0.1, 0.15) is 28.2 Å². The van der Waals surface area contributed by atoms with Crippen LogP contribution in [0.25, 0.3) is 0 Å². The molecule has 0 unspecified atom stereocenters. The number of methoxy groups -OCH3 is 1. The standard InChI is InChI=1S/C25H24BrN3O4S/c1-13-8-14(2)22(15(3)9-13)28-19(30)12-34-24-18(11-27)20(16-6-5-7-17(26)10-16)21(23(31)29-24)25(32)33-4/h5-10,20-21H,12H2,1-4H3,(H,28,30)(H,29,31)/t20-,21+/m0/s1. The van der Waals surface area contributed by atoms with Crippen LogP contribution in [0, 0.1) is 38.0 Å². The lowest BCUT2D eigenvalue weighted by Crippen LogP contribution is -2.44. The molecule has 1 aliphatic heterocycles. The second-order valence-corrected chi connectivity index (χ2v) is 9.89. The number of halogens is 1. The van der Waals surface area contributed by atoms with E-state index in [2.05, 4.69) is 32.6 Å². The Morgan fingerprint density at radius 3 is 2.47 bits per heavy atom. The number of nitriles is 1. The molecule has 9 heteroatoms. The molecule has 7 nitrogen and oxygen atoms in total. The lowest BCUT2D eigenvalue weighted by atomic mass is 9.78. The Labute approximate surface area is 211 Å². The Bertz CT molecular complexity index is 1210. The summed E-state index contributed by atoms with van der Waals surface area (Å²) in [7, 11) is 1.20. The van der Waals surface area contributed by atoms with Crippen molar-refractivity contribution in [2.45, 2.75) is 26.7 Å². The summed E-state index contributed by atoms with van der Waals surface area (Å²) in [6.07, 6.45) is 0. The predicted octanol–water partition coefficient (Wildman–Crippen LogP) is 4.48. The van der Waals surface area contributed by atoms with Gasteiger partial charge in [-0.15, -0.1) is 0 Å². The summed E-state index contributed by atoms with van der Waals surface area (Å²) in [5.41, 5.74) is 4.58. The predicted molar refractivity (Wildman–Crippen MR) is 135 cm³/mol. The lowest BCUT2D eigenvalue weighted by Gasteiger charge is -2.31. The molecule has 0 saturated heterocycles. The number of amides is 2. The second-order valence-electron chi connectivity index (χ2n) is 7.99. The van der Waals surface area contributed by atoms with Crippen molar-refractivity contribution in [1.82, 2.24) is 5.32 Å². The van der Waals surface area contributed by atoms with Gasteiger partial charge in [0.1, 0.15) is 5.92 Å². The van der Waals surface area contributed by atoms with E-state index in [0.29, 0.717) is 5.56 Å². The van der Waals surface area contributed by atoms with Crippen LogP contribution in [0.5, 0.6) is 0 Å². The molecule has 1 heterocycles. The fourth-order valence-electron chi connectivity index (χ4n) is 4.07. The van der Waals surface area contributed by atoms with E-state index < -0.39 is 23.7 Å². The minimum Gasteiger partial charge on any atom is -0.468 e. The average Bonchev–Trinajstić information content (AvgIpc) is 2.79. The van der Waals surface area contributed by atoms with Crippen molar-refractivity contribution in [3.05, 3.63) is 73.7 Å². The molecule has 0 saturated carbocycles. The number of allylic oxidation sites excluding steroid dienone is 1. The second kappa shape index (κ2) is 10.9. The maximum absolute atomic E-state index is 12.9. The van der Waals surface area contributed by atoms with Crippen LogP contribution >= 0.6 is 27.7 Å². The zero-order valence-corrected chi connectivity index (χ0v) is 21.6. The number of carbonyl (C=O) groups is 3. The van der Waals surface area contributed by atoms with E-state index >= 15 is 0 Å². The van der Waals surface area contributed by atoms with Gasteiger partial charge in [-0.25, -0.2) is 0 Å². The highest BCUT2D eigenvalue weighted by molar-refractivity contribution is 9.10. The number of nitrogens with zero attached hydrogens (tertiary/aromatic N) is 1. The summed E-state index contributed by atoms with van der Waals surface area (Å²) in [4.78, 5) is 38.1. The molecule has 0 aromatic heterocycles. The molecule has 2 N–H and O–H groups in total. The average molecular weight is 542 g/mol. The number of ether oxygens (including phenoxy) is 1. The van der Waals surface area contributed by atoms with Gasteiger partial charge < -0.3 is 15.4 Å². The number of esters is 1. The smallest absolute Gasteiger partial charge is 0.319 e. The van der Waals surface area contributed by atoms with Crippen LogP contribution in [-0.2, 0) is 19.1 Å². The van der Waals surface area contributed by atoms with Gasteiger partial charge in [-0.05, 0) is 49.6 Å². The molecule has 1 aliphatic rings. The Hall–Kier alpha value is -3.09. The molecular weight excluding hydrogens is 518 g/mol. The van der Waals surface area contributed by atoms with Crippen LogP contribution in [0.4, 0.5) is 5.69 Å². The SMILES string of the molecule is COC(=O)[C@H]1C(=O)NC(SCC(=O)Nc2c(C)cc(C)cc2C)=C(C#N)[C@@H]1c1cccc(Br)c1. The summed E-state index contributed by atoms with van der Waals surface area (Å²) >= 11 is 4.45. The third kappa shape index (κ3) is 5.51. The van der Waals surface area contributed by atoms with Crippen molar-refractivity contribution in [2.75, 3.05) is 18.2 Å². The topological polar surface area (TPSA) is 108 Å². The van der Waals surface area contributed by atoms with Gasteiger partial charge in [-0.2, -0.15) is 5.26 Å². The highest BCUT2D eigenvalue weighted by Crippen LogP contribution is 2.40. The maximum Gasteiger partial charge on any atom is 0.319 e. The Balaban J connectivity index is 1.90. The Morgan fingerprint density at radius 1 is 1.21 bits per heavy atom. The van der Waals surface area contributed by atoms with Gasteiger partial charge in [0.05, 0.1) is 29.5 Å². The molecule has 2 amide bonds. The number of carbonyl (C=O) groups excluding carboxylic acids is 3. The Kier molecular flexibility index (Phi) is 8.18.